The lowest BCUT2D eigenvalue weighted by atomic mass is 10.0. The molecule has 2 heterocycles. The number of carbonyl (C=O) groups excluding carboxylic acids is 2. The largest absolute Gasteiger partial charge is 0.337 e. The van der Waals surface area contributed by atoms with Crippen LogP contribution in [0, 0.1) is 0 Å². The number of rotatable bonds is 6. The number of hydrogen-bond acceptors (Lipinski definition) is 4. The Morgan fingerprint density at radius 2 is 1.65 bits per heavy atom. The van der Waals surface area contributed by atoms with Crippen LogP contribution < -0.4 is 4.90 Å². The van der Waals surface area contributed by atoms with Crippen LogP contribution in [0.1, 0.15) is 18.1 Å². The Hall–Kier alpha value is -3.15. The summed E-state index contributed by atoms with van der Waals surface area (Å²) in [6, 6.07) is 18.0. The number of likely N-dealkylation sites (N-methyl/N-ethyl adjacent to an activating group) is 1. The molecule has 4 rings (SSSR count). The molecule has 5 nitrogen and oxygen atoms in total. The zero-order valence-electron chi connectivity index (χ0n) is 16.8. The van der Waals surface area contributed by atoms with E-state index in [0.29, 0.717) is 27.9 Å². The first-order chi connectivity index (χ1) is 15.0. The first-order valence-electron chi connectivity index (χ1n) is 9.78. The number of nitrogens with zero attached hydrogens (tertiary/aromatic N) is 3. The predicted octanol–water partition coefficient (Wildman–Crippen LogP) is 5.20. The summed E-state index contributed by atoms with van der Waals surface area (Å²) in [4.78, 5) is 34.2. The van der Waals surface area contributed by atoms with Crippen molar-refractivity contribution in [2.75, 3.05) is 11.4 Å². The number of hydrogen-bond donors (Lipinski definition) is 0. The molecule has 0 fully saturated rings. The molecular formula is C24H19Cl2N3O2. The number of pyridine rings is 1. The third-order valence-electron chi connectivity index (χ3n) is 5.09. The molecule has 2 amide bonds. The Morgan fingerprint density at radius 3 is 2.29 bits per heavy atom. The standard InChI is InChI=1S/C24H19Cl2N3O2/c1-2-28(18-6-4-3-5-7-18)22-21(19-9-8-17(25)14-20(19)26)23(30)29(24(22)31)15-16-10-12-27-13-11-16/h3-14H,2,15H2,1H3. The molecule has 156 valence electrons. The zero-order valence-corrected chi connectivity index (χ0v) is 18.3. The van der Waals surface area contributed by atoms with Gasteiger partial charge in [-0.3, -0.25) is 19.5 Å². The maximum absolute atomic E-state index is 13.6. The number of para-hydroxylation sites is 1. The van der Waals surface area contributed by atoms with E-state index in [0.717, 1.165) is 11.3 Å². The van der Waals surface area contributed by atoms with Crippen LogP contribution in [0.15, 0.2) is 78.8 Å². The van der Waals surface area contributed by atoms with Gasteiger partial charge in [-0.25, -0.2) is 0 Å². The molecule has 0 bridgehead atoms. The van der Waals surface area contributed by atoms with Crippen molar-refractivity contribution in [3.8, 4) is 0 Å². The van der Waals surface area contributed by atoms with E-state index in [1.165, 1.54) is 4.90 Å². The van der Waals surface area contributed by atoms with E-state index < -0.39 is 5.91 Å². The number of carbonyl (C=O) groups is 2. The van der Waals surface area contributed by atoms with Crippen molar-refractivity contribution in [3.05, 3.63) is 99.9 Å². The van der Waals surface area contributed by atoms with E-state index in [9.17, 15) is 9.59 Å². The fourth-order valence-electron chi connectivity index (χ4n) is 3.64. The number of imide groups is 1. The van der Waals surface area contributed by atoms with E-state index in [4.69, 9.17) is 23.2 Å². The van der Waals surface area contributed by atoms with E-state index in [2.05, 4.69) is 4.98 Å². The highest BCUT2D eigenvalue weighted by atomic mass is 35.5. The fraction of sp³-hybridized carbons (Fsp3) is 0.125. The minimum absolute atomic E-state index is 0.144. The summed E-state index contributed by atoms with van der Waals surface area (Å²) < 4.78 is 0. The van der Waals surface area contributed by atoms with Crippen LogP contribution >= 0.6 is 23.2 Å². The predicted molar refractivity (Wildman–Crippen MR) is 123 cm³/mol. The smallest absolute Gasteiger partial charge is 0.278 e. The molecular weight excluding hydrogens is 433 g/mol. The van der Waals surface area contributed by atoms with Crippen molar-refractivity contribution in [2.24, 2.45) is 0 Å². The highest BCUT2D eigenvalue weighted by Gasteiger charge is 2.42. The molecule has 0 radical (unpaired) electrons. The number of amides is 2. The molecule has 0 saturated carbocycles. The van der Waals surface area contributed by atoms with E-state index >= 15 is 0 Å². The number of anilines is 1. The molecule has 0 spiro atoms. The maximum atomic E-state index is 13.6. The van der Waals surface area contributed by atoms with Crippen LogP contribution in [0.4, 0.5) is 5.69 Å². The molecule has 1 aliphatic heterocycles. The van der Waals surface area contributed by atoms with Gasteiger partial charge in [0.2, 0.25) is 0 Å². The highest BCUT2D eigenvalue weighted by molar-refractivity contribution is 6.41. The van der Waals surface area contributed by atoms with Gasteiger partial charge in [-0.2, -0.15) is 0 Å². The molecule has 31 heavy (non-hydrogen) atoms. The van der Waals surface area contributed by atoms with Crippen LogP contribution in [0.2, 0.25) is 10.0 Å². The van der Waals surface area contributed by atoms with Gasteiger partial charge >= 0.3 is 0 Å². The molecule has 1 aromatic heterocycles. The minimum Gasteiger partial charge on any atom is -0.337 e. The van der Waals surface area contributed by atoms with Gasteiger partial charge in [-0.15, -0.1) is 0 Å². The third kappa shape index (κ3) is 4.07. The summed E-state index contributed by atoms with van der Waals surface area (Å²) in [5, 5.41) is 0.771. The number of halogens is 2. The van der Waals surface area contributed by atoms with Gasteiger partial charge in [0, 0.05) is 35.2 Å². The van der Waals surface area contributed by atoms with Crippen molar-refractivity contribution in [3.63, 3.8) is 0 Å². The van der Waals surface area contributed by atoms with Crippen LogP contribution in [0.3, 0.4) is 0 Å². The Bertz CT molecular complexity index is 1160. The summed E-state index contributed by atoms with van der Waals surface area (Å²) in [5.41, 5.74) is 2.67. The van der Waals surface area contributed by atoms with E-state index in [-0.39, 0.29) is 18.0 Å². The van der Waals surface area contributed by atoms with Crippen molar-refractivity contribution >= 4 is 46.3 Å². The second-order valence-electron chi connectivity index (χ2n) is 6.98. The molecule has 0 N–H and O–H groups in total. The van der Waals surface area contributed by atoms with Gasteiger partial charge in [0.05, 0.1) is 17.1 Å². The molecule has 0 saturated heterocycles. The van der Waals surface area contributed by atoms with Crippen LogP contribution in [-0.2, 0) is 16.1 Å². The van der Waals surface area contributed by atoms with Gasteiger partial charge in [-0.1, -0.05) is 47.5 Å². The summed E-state index contributed by atoms with van der Waals surface area (Å²) in [7, 11) is 0. The monoisotopic (exact) mass is 451 g/mol. The van der Waals surface area contributed by atoms with Gasteiger partial charge in [-0.05, 0) is 48.9 Å². The van der Waals surface area contributed by atoms with Crippen LogP contribution in [-0.4, -0.2) is 28.2 Å². The molecule has 2 aromatic carbocycles. The Labute approximate surface area is 190 Å². The molecule has 0 unspecified atom stereocenters. The number of aromatic nitrogens is 1. The van der Waals surface area contributed by atoms with Crippen molar-refractivity contribution in [2.45, 2.75) is 13.5 Å². The number of benzene rings is 2. The summed E-state index contributed by atoms with van der Waals surface area (Å²) >= 11 is 12.5. The lowest BCUT2D eigenvalue weighted by Gasteiger charge is -2.25. The summed E-state index contributed by atoms with van der Waals surface area (Å²) in [6.07, 6.45) is 3.27. The van der Waals surface area contributed by atoms with E-state index in [1.807, 2.05) is 42.2 Å². The lowest BCUT2D eigenvalue weighted by Crippen LogP contribution is -2.34. The molecule has 0 aliphatic carbocycles. The second-order valence-corrected chi connectivity index (χ2v) is 7.82. The van der Waals surface area contributed by atoms with Crippen molar-refractivity contribution in [1.29, 1.82) is 0 Å². The average molecular weight is 452 g/mol. The third-order valence-corrected chi connectivity index (χ3v) is 5.64. The zero-order chi connectivity index (χ0) is 22.0. The van der Waals surface area contributed by atoms with Crippen LogP contribution in [0.25, 0.3) is 5.57 Å². The summed E-state index contributed by atoms with van der Waals surface area (Å²) in [6.45, 7) is 2.57. The SMILES string of the molecule is CCN(C1=C(c2ccc(Cl)cc2Cl)C(=O)N(Cc2ccncc2)C1=O)c1ccccc1. The van der Waals surface area contributed by atoms with E-state index in [1.54, 1.807) is 42.7 Å². The highest BCUT2D eigenvalue weighted by Crippen LogP contribution is 2.38. The Balaban J connectivity index is 1.86. The first-order valence-corrected chi connectivity index (χ1v) is 10.5. The first kappa shape index (κ1) is 21.1. The van der Waals surface area contributed by atoms with Gasteiger partial charge in [0.1, 0.15) is 5.70 Å². The lowest BCUT2D eigenvalue weighted by molar-refractivity contribution is -0.137. The molecule has 1 aliphatic rings. The maximum Gasteiger partial charge on any atom is 0.278 e. The normalized spacial score (nSPS) is 13.8. The molecule has 0 atom stereocenters. The Morgan fingerprint density at radius 1 is 0.935 bits per heavy atom. The van der Waals surface area contributed by atoms with Gasteiger partial charge in [0.25, 0.3) is 11.8 Å². The molecule has 7 heteroatoms. The quantitative estimate of drug-likeness (QED) is 0.483. The Kier molecular flexibility index (Phi) is 6.07. The van der Waals surface area contributed by atoms with Gasteiger partial charge < -0.3 is 4.90 Å². The van der Waals surface area contributed by atoms with Crippen molar-refractivity contribution < 1.29 is 9.59 Å². The average Bonchev–Trinajstić information content (AvgIpc) is 3.01. The topological polar surface area (TPSA) is 53.5 Å². The minimum atomic E-state index is -0.393. The molecule has 3 aromatic rings. The second kappa shape index (κ2) is 8.92. The fourth-order valence-corrected chi connectivity index (χ4v) is 4.14. The summed E-state index contributed by atoms with van der Waals surface area (Å²) in [5.74, 6) is -0.760. The van der Waals surface area contributed by atoms with Gasteiger partial charge in [0.15, 0.2) is 0 Å². The van der Waals surface area contributed by atoms with Crippen LogP contribution in [0.5, 0.6) is 0 Å². The van der Waals surface area contributed by atoms with Crippen molar-refractivity contribution in [1.82, 2.24) is 9.88 Å².